The molecule has 0 saturated heterocycles. The van der Waals surface area contributed by atoms with E-state index >= 15 is 0 Å². The van der Waals surface area contributed by atoms with Crippen LogP contribution in [0.4, 0.5) is 0 Å². The molecule has 0 radical (unpaired) electrons. The van der Waals surface area contributed by atoms with Crippen LogP contribution >= 0.6 is 11.3 Å². The fourth-order valence-corrected chi connectivity index (χ4v) is 3.61. The normalized spacial score (nSPS) is 21.4. The number of aromatic carboxylic acids is 1. The van der Waals surface area contributed by atoms with Gasteiger partial charge in [0.15, 0.2) is 0 Å². The Morgan fingerprint density at radius 3 is 2.80 bits per heavy atom. The van der Waals surface area contributed by atoms with Crippen molar-refractivity contribution in [3.8, 4) is 0 Å². The predicted molar refractivity (Wildman–Crippen MR) is 78.9 cm³/mol. The summed E-state index contributed by atoms with van der Waals surface area (Å²) in [5.74, 6) is -0.720. The molecule has 1 aromatic heterocycles. The minimum Gasteiger partial charge on any atom is -0.477 e. The molecule has 0 spiro atoms. The highest BCUT2D eigenvalue weighted by atomic mass is 32.1. The lowest BCUT2D eigenvalue weighted by Gasteiger charge is -2.34. The molecule has 1 amide bonds. The molecule has 2 N–H and O–H groups in total. The van der Waals surface area contributed by atoms with Gasteiger partial charge in [-0.2, -0.15) is 0 Å². The number of nitrogens with one attached hydrogen (secondary N) is 1. The van der Waals surface area contributed by atoms with Gasteiger partial charge in [0.25, 0.3) is 0 Å². The fraction of sp³-hybridized carbons (Fsp3) is 0.600. The van der Waals surface area contributed by atoms with Crippen LogP contribution in [0.5, 0.6) is 0 Å². The van der Waals surface area contributed by atoms with Gasteiger partial charge in [0.1, 0.15) is 4.88 Å². The Bertz CT molecular complexity index is 507. The van der Waals surface area contributed by atoms with Crippen molar-refractivity contribution in [2.45, 2.75) is 46.1 Å². The molecule has 0 aliphatic heterocycles. The van der Waals surface area contributed by atoms with Crippen molar-refractivity contribution in [2.75, 3.05) is 0 Å². The second kappa shape index (κ2) is 5.95. The van der Waals surface area contributed by atoms with Crippen LogP contribution in [0.3, 0.4) is 0 Å². The Kier molecular flexibility index (Phi) is 4.48. The zero-order valence-electron chi connectivity index (χ0n) is 11.9. The van der Waals surface area contributed by atoms with Crippen LogP contribution in [0.1, 0.15) is 54.1 Å². The lowest BCUT2D eigenvalue weighted by Crippen LogP contribution is -2.35. The van der Waals surface area contributed by atoms with Crippen molar-refractivity contribution < 1.29 is 14.7 Å². The molecule has 20 heavy (non-hydrogen) atoms. The minimum atomic E-state index is -0.915. The third-order valence-electron chi connectivity index (χ3n) is 3.89. The summed E-state index contributed by atoms with van der Waals surface area (Å²) in [6.07, 6.45) is 4.18. The van der Waals surface area contributed by atoms with Gasteiger partial charge in [-0.15, -0.1) is 11.3 Å². The maximum atomic E-state index is 12.2. The molecule has 1 aliphatic carbocycles. The van der Waals surface area contributed by atoms with Gasteiger partial charge in [-0.1, -0.05) is 20.3 Å². The first kappa shape index (κ1) is 15.0. The van der Waals surface area contributed by atoms with Crippen LogP contribution in [0.25, 0.3) is 0 Å². The molecule has 4 nitrogen and oxygen atoms in total. The van der Waals surface area contributed by atoms with Gasteiger partial charge < -0.3 is 10.4 Å². The van der Waals surface area contributed by atoms with Crippen LogP contribution in [-0.2, 0) is 11.3 Å². The quantitative estimate of drug-likeness (QED) is 0.896. The van der Waals surface area contributed by atoms with E-state index in [4.69, 9.17) is 5.11 Å². The van der Waals surface area contributed by atoms with Gasteiger partial charge in [0.05, 0.1) is 6.54 Å². The molecule has 0 bridgehead atoms. The molecule has 1 heterocycles. The molecule has 0 aromatic carbocycles. The van der Waals surface area contributed by atoms with E-state index in [1.165, 1.54) is 17.8 Å². The van der Waals surface area contributed by atoms with Crippen molar-refractivity contribution >= 4 is 23.2 Å². The Morgan fingerprint density at radius 2 is 2.20 bits per heavy atom. The van der Waals surface area contributed by atoms with Crippen molar-refractivity contribution in [3.63, 3.8) is 0 Å². The predicted octanol–water partition coefficient (Wildman–Crippen LogP) is 3.28. The molecular weight excluding hydrogens is 274 g/mol. The third kappa shape index (κ3) is 3.82. The molecule has 1 aliphatic rings. The van der Waals surface area contributed by atoms with Gasteiger partial charge >= 0.3 is 5.97 Å². The highest BCUT2D eigenvalue weighted by Gasteiger charge is 2.31. The third-order valence-corrected chi connectivity index (χ3v) is 4.96. The van der Waals surface area contributed by atoms with Crippen LogP contribution < -0.4 is 5.32 Å². The van der Waals surface area contributed by atoms with Gasteiger partial charge in [0.2, 0.25) is 5.91 Å². The number of carboxylic acid groups (broad SMARTS) is 1. The number of rotatable bonds is 4. The lowest BCUT2D eigenvalue weighted by molar-refractivity contribution is -0.127. The second-order valence-electron chi connectivity index (χ2n) is 6.25. The standard InChI is InChI=1S/C15H21NO3S/c1-15(2)7-3-4-10(8-15)13(17)16-9-11-5-6-12(20-11)14(18)19/h5-6,10H,3-4,7-9H2,1-2H3,(H,16,17)(H,18,19). The van der Waals surface area contributed by atoms with Gasteiger partial charge in [-0.05, 0) is 36.8 Å². The van der Waals surface area contributed by atoms with E-state index < -0.39 is 5.97 Å². The van der Waals surface area contributed by atoms with E-state index in [0.29, 0.717) is 11.4 Å². The van der Waals surface area contributed by atoms with Crippen molar-refractivity contribution in [3.05, 3.63) is 21.9 Å². The molecule has 110 valence electrons. The van der Waals surface area contributed by atoms with Gasteiger partial charge in [-0.25, -0.2) is 4.79 Å². The van der Waals surface area contributed by atoms with Gasteiger partial charge in [-0.3, -0.25) is 4.79 Å². The molecule has 5 heteroatoms. The lowest BCUT2D eigenvalue weighted by atomic mass is 9.72. The maximum absolute atomic E-state index is 12.2. The number of carboxylic acids is 1. The van der Waals surface area contributed by atoms with Crippen LogP contribution in [-0.4, -0.2) is 17.0 Å². The molecule has 1 saturated carbocycles. The first-order valence-corrected chi connectivity index (χ1v) is 7.79. The summed E-state index contributed by atoms with van der Waals surface area (Å²) in [4.78, 5) is 24.2. The van der Waals surface area contributed by atoms with E-state index in [2.05, 4.69) is 19.2 Å². The van der Waals surface area contributed by atoms with Crippen molar-refractivity contribution in [1.29, 1.82) is 0 Å². The smallest absolute Gasteiger partial charge is 0.345 e. The summed E-state index contributed by atoms with van der Waals surface area (Å²) in [5, 5.41) is 11.8. The molecule has 2 rings (SSSR count). The Labute approximate surface area is 123 Å². The highest BCUT2D eigenvalue weighted by Crippen LogP contribution is 2.38. The molecule has 1 unspecified atom stereocenters. The Morgan fingerprint density at radius 1 is 1.45 bits per heavy atom. The van der Waals surface area contributed by atoms with Crippen LogP contribution in [0.2, 0.25) is 0 Å². The van der Waals surface area contributed by atoms with Gasteiger partial charge in [0, 0.05) is 10.8 Å². The molecule has 1 fully saturated rings. The van der Waals surface area contributed by atoms with E-state index in [0.717, 1.165) is 24.1 Å². The molecule has 1 aromatic rings. The summed E-state index contributed by atoms with van der Waals surface area (Å²) in [6.45, 7) is 4.85. The van der Waals surface area contributed by atoms with E-state index in [1.54, 1.807) is 12.1 Å². The van der Waals surface area contributed by atoms with E-state index in [1.807, 2.05) is 0 Å². The number of thiophene rings is 1. The van der Waals surface area contributed by atoms with Crippen LogP contribution in [0, 0.1) is 11.3 Å². The molecule has 1 atom stereocenters. The van der Waals surface area contributed by atoms with Crippen molar-refractivity contribution in [1.82, 2.24) is 5.32 Å². The topological polar surface area (TPSA) is 66.4 Å². The molecular formula is C15H21NO3S. The summed E-state index contributed by atoms with van der Waals surface area (Å²) >= 11 is 1.22. The van der Waals surface area contributed by atoms with E-state index in [9.17, 15) is 9.59 Å². The number of hydrogen-bond acceptors (Lipinski definition) is 3. The largest absolute Gasteiger partial charge is 0.477 e. The van der Waals surface area contributed by atoms with Crippen LogP contribution in [0.15, 0.2) is 12.1 Å². The average molecular weight is 295 g/mol. The maximum Gasteiger partial charge on any atom is 0.345 e. The Balaban J connectivity index is 1.86. The first-order valence-electron chi connectivity index (χ1n) is 6.97. The van der Waals surface area contributed by atoms with E-state index in [-0.39, 0.29) is 17.2 Å². The summed E-state index contributed by atoms with van der Waals surface area (Å²) in [5.41, 5.74) is 0.250. The summed E-state index contributed by atoms with van der Waals surface area (Å²) in [6, 6.07) is 3.34. The highest BCUT2D eigenvalue weighted by molar-refractivity contribution is 7.13. The average Bonchev–Trinajstić information content (AvgIpc) is 2.83. The monoisotopic (exact) mass is 295 g/mol. The fourth-order valence-electron chi connectivity index (χ4n) is 2.83. The number of amides is 1. The number of carbonyl (C=O) groups excluding carboxylic acids is 1. The zero-order chi connectivity index (χ0) is 14.8. The minimum absolute atomic E-state index is 0.0951. The Hall–Kier alpha value is -1.36. The second-order valence-corrected chi connectivity index (χ2v) is 7.41. The SMILES string of the molecule is CC1(C)CCCC(C(=O)NCc2ccc(C(=O)O)s2)C1. The summed E-state index contributed by atoms with van der Waals surface area (Å²) in [7, 11) is 0. The number of carbonyl (C=O) groups is 2. The number of hydrogen-bond donors (Lipinski definition) is 2. The summed E-state index contributed by atoms with van der Waals surface area (Å²) < 4.78 is 0. The zero-order valence-corrected chi connectivity index (χ0v) is 12.8. The van der Waals surface area contributed by atoms with Crippen molar-refractivity contribution in [2.24, 2.45) is 11.3 Å². The first-order chi connectivity index (χ1) is 9.37.